The first-order valence-electron chi connectivity index (χ1n) is 11.0. The molecule has 2 aliphatic rings. The van der Waals surface area contributed by atoms with Crippen molar-refractivity contribution < 1.29 is 19.1 Å². The Morgan fingerprint density at radius 1 is 1.24 bits per heavy atom. The van der Waals surface area contributed by atoms with Gasteiger partial charge in [-0.3, -0.25) is 9.59 Å². The van der Waals surface area contributed by atoms with Gasteiger partial charge in [-0.2, -0.15) is 0 Å². The molecule has 0 aliphatic carbocycles. The van der Waals surface area contributed by atoms with E-state index in [1.165, 1.54) is 18.5 Å². The maximum Gasteiger partial charge on any atom is 0.230 e. The van der Waals surface area contributed by atoms with Gasteiger partial charge in [0, 0.05) is 42.5 Å². The molecule has 1 aromatic heterocycles. The standard InChI is InChI=1S/C24H26FN5O3/c1-15-17(6-2-7-19(15)25)20-18(22(33)23-27-9-4-10-28-23)14-30(11-12-31)24(29-20)21(32)16-5-3-8-26-13-16/h2,4,6-7,9-10,16,26,31H,3,5,8,11-14H2,1H3/t16-/m0/s1. The Hall–Kier alpha value is -3.30. The fraction of sp³-hybridized carbons (Fsp3) is 0.375. The van der Waals surface area contributed by atoms with E-state index in [2.05, 4.69) is 20.3 Å². The zero-order valence-corrected chi connectivity index (χ0v) is 18.4. The topological polar surface area (TPSA) is 108 Å². The zero-order valence-electron chi connectivity index (χ0n) is 18.4. The second-order valence-electron chi connectivity index (χ2n) is 8.13. The molecule has 1 saturated heterocycles. The lowest BCUT2D eigenvalue weighted by atomic mass is 9.92. The molecule has 0 radical (unpaired) electrons. The quantitative estimate of drug-likeness (QED) is 0.618. The van der Waals surface area contributed by atoms with Crippen molar-refractivity contribution in [1.82, 2.24) is 20.2 Å². The highest BCUT2D eigenvalue weighted by Gasteiger charge is 2.35. The van der Waals surface area contributed by atoms with E-state index in [9.17, 15) is 19.1 Å². The smallest absolute Gasteiger partial charge is 0.230 e. The second kappa shape index (κ2) is 10.1. The molecule has 2 N–H and O–H groups in total. The number of carbonyl (C=O) groups excluding carboxylic acids is 2. The molecule has 1 fully saturated rings. The van der Waals surface area contributed by atoms with E-state index in [0.717, 1.165) is 19.4 Å². The third kappa shape index (κ3) is 4.74. The van der Waals surface area contributed by atoms with Crippen LogP contribution in [0.25, 0.3) is 5.70 Å². The molecule has 0 bridgehead atoms. The minimum absolute atomic E-state index is 0.00976. The fourth-order valence-electron chi connectivity index (χ4n) is 4.18. The summed E-state index contributed by atoms with van der Waals surface area (Å²) >= 11 is 0. The Morgan fingerprint density at radius 3 is 2.73 bits per heavy atom. The van der Waals surface area contributed by atoms with Crippen LogP contribution in [0, 0.1) is 18.7 Å². The highest BCUT2D eigenvalue weighted by molar-refractivity contribution is 6.41. The molecule has 3 heterocycles. The molecular formula is C24H26FN5O3. The molecule has 8 nitrogen and oxygen atoms in total. The third-order valence-corrected chi connectivity index (χ3v) is 5.98. The third-order valence-electron chi connectivity index (χ3n) is 5.98. The molecular weight excluding hydrogens is 425 g/mol. The predicted octanol–water partition coefficient (Wildman–Crippen LogP) is 1.79. The molecule has 1 atom stereocenters. The Morgan fingerprint density at radius 2 is 2.03 bits per heavy atom. The van der Waals surface area contributed by atoms with Crippen LogP contribution in [0.5, 0.6) is 0 Å². The van der Waals surface area contributed by atoms with E-state index in [1.807, 2.05) is 0 Å². The minimum Gasteiger partial charge on any atom is -0.395 e. The summed E-state index contributed by atoms with van der Waals surface area (Å²) in [5.41, 5.74) is 1.26. The molecule has 1 aromatic carbocycles. The van der Waals surface area contributed by atoms with Crippen LogP contribution in [0.4, 0.5) is 4.39 Å². The van der Waals surface area contributed by atoms with Crippen molar-refractivity contribution in [3.8, 4) is 0 Å². The van der Waals surface area contributed by atoms with Gasteiger partial charge in [-0.15, -0.1) is 0 Å². The normalized spacial score (nSPS) is 18.8. The number of carbonyl (C=O) groups is 2. The number of Topliss-reactive ketones (excluding diaryl/α,β-unsaturated/α-hetero) is 2. The van der Waals surface area contributed by atoms with Gasteiger partial charge in [0.15, 0.2) is 5.84 Å². The molecule has 33 heavy (non-hydrogen) atoms. The van der Waals surface area contributed by atoms with Crippen molar-refractivity contribution in [2.24, 2.45) is 10.9 Å². The van der Waals surface area contributed by atoms with Crippen LogP contribution < -0.4 is 5.32 Å². The highest BCUT2D eigenvalue weighted by atomic mass is 19.1. The number of nitrogens with one attached hydrogen (secondary N) is 1. The lowest BCUT2D eigenvalue weighted by molar-refractivity contribution is -0.117. The Kier molecular flexibility index (Phi) is 7.00. The first-order chi connectivity index (χ1) is 16.0. The average molecular weight is 452 g/mol. The van der Waals surface area contributed by atoms with Gasteiger partial charge in [-0.05, 0) is 44.0 Å². The number of β-amino-alcohol motifs (C(OH)–C–C–N with tert-alkyl or cyclic N) is 1. The first-order valence-corrected chi connectivity index (χ1v) is 11.0. The summed E-state index contributed by atoms with van der Waals surface area (Å²) < 4.78 is 14.4. The number of aliphatic hydroxyl groups is 1. The maximum absolute atomic E-state index is 14.4. The number of hydrogen-bond donors (Lipinski definition) is 2. The number of aliphatic imine (C=N–C) groups is 1. The van der Waals surface area contributed by atoms with Gasteiger partial charge in [0.2, 0.25) is 17.4 Å². The molecule has 4 rings (SSSR count). The molecule has 2 aliphatic heterocycles. The zero-order chi connectivity index (χ0) is 23.4. The number of halogens is 1. The summed E-state index contributed by atoms with van der Waals surface area (Å²) in [6.45, 7) is 2.97. The summed E-state index contributed by atoms with van der Waals surface area (Å²) in [6.07, 6.45) is 4.55. The van der Waals surface area contributed by atoms with Crippen LogP contribution in [0.15, 0.2) is 47.2 Å². The van der Waals surface area contributed by atoms with Gasteiger partial charge in [0.05, 0.1) is 18.8 Å². The summed E-state index contributed by atoms with van der Waals surface area (Å²) in [5.74, 6) is -1.11. The van der Waals surface area contributed by atoms with Gasteiger partial charge in [0.1, 0.15) is 5.82 Å². The fourth-order valence-corrected chi connectivity index (χ4v) is 4.18. The van der Waals surface area contributed by atoms with Crippen LogP contribution in [-0.4, -0.2) is 70.2 Å². The summed E-state index contributed by atoms with van der Waals surface area (Å²) in [7, 11) is 0. The van der Waals surface area contributed by atoms with Gasteiger partial charge < -0.3 is 15.3 Å². The SMILES string of the molecule is Cc1c(F)cccc1C1=C(C(=O)c2ncccn2)CN(CCO)C(C(=O)[C@H]2CCCNC2)=N1. The number of hydrogen-bond acceptors (Lipinski definition) is 8. The van der Waals surface area contributed by atoms with Crippen LogP contribution in [0.1, 0.15) is 34.6 Å². The van der Waals surface area contributed by atoms with Crippen molar-refractivity contribution in [3.05, 3.63) is 65.0 Å². The van der Waals surface area contributed by atoms with E-state index in [0.29, 0.717) is 17.7 Å². The number of rotatable bonds is 7. The lowest BCUT2D eigenvalue weighted by Crippen LogP contribution is -2.47. The molecule has 172 valence electrons. The molecule has 9 heteroatoms. The Balaban J connectivity index is 1.87. The highest BCUT2D eigenvalue weighted by Crippen LogP contribution is 2.31. The molecule has 0 spiro atoms. The van der Waals surface area contributed by atoms with Gasteiger partial charge in [-0.1, -0.05) is 12.1 Å². The van der Waals surface area contributed by atoms with E-state index in [1.54, 1.807) is 30.0 Å². The Bertz CT molecular complexity index is 1110. The molecule has 0 unspecified atom stereocenters. The average Bonchev–Trinajstić information content (AvgIpc) is 2.86. The van der Waals surface area contributed by atoms with Gasteiger partial charge >= 0.3 is 0 Å². The van der Waals surface area contributed by atoms with Gasteiger partial charge in [0.25, 0.3) is 0 Å². The van der Waals surface area contributed by atoms with Crippen LogP contribution in [-0.2, 0) is 4.79 Å². The Labute approximate surface area is 191 Å². The second-order valence-corrected chi connectivity index (χ2v) is 8.13. The number of amidine groups is 1. The van der Waals surface area contributed by atoms with Crippen LogP contribution in [0.2, 0.25) is 0 Å². The van der Waals surface area contributed by atoms with E-state index >= 15 is 0 Å². The molecule has 0 saturated carbocycles. The predicted molar refractivity (Wildman–Crippen MR) is 121 cm³/mol. The molecule has 2 aromatic rings. The number of nitrogens with zero attached hydrogens (tertiary/aromatic N) is 4. The largest absolute Gasteiger partial charge is 0.395 e. The number of aliphatic hydroxyl groups excluding tert-OH is 1. The number of piperidine rings is 1. The van der Waals surface area contributed by atoms with Crippen molar-refractivity contribution in [3.63, 3.8) is 0 Å². The van der Waals surface area contributed by atoms with Crippen LogP contribution in [0.3, 0.4) is 0 Å². The summed E-state index contributed by atoms with van der Waals surface area (Å²) in [6, 6.07) is 6.18. The number of benzene rings is 1. The summed E-state index contributed by atoms with van der Waals surface area (Å²) in [5, 5.41) is 12.9. The minimum atomic E-state index is -0.452. The van der Waals surface area contributed by atoms with Crippen LogP contribution >= 0.6 is 0 Å². The molecule has 0 amide bonds. The first kappa shape index (κ1) is 22.9. The van der Waals surface area contributed by atoms with Crippen molar-refractivity contribution in [1.29, 1.82) is 0 Å². The maximum atomic E-state index is 14.4. The van der Waals surface area contributed by atoms with E-state index in [4.69, 9.17) is 0 Å². The van der Waals surface area contributed by atoms with Crippen molar-refractivity contribution >= 4 is 23.1 Å². The van der Waals surface area contributed by atoms with E-state index in [-0.39, 0.29) is 54.3 Å². The van der Waals surface area contributed by atoms with Crippen molar-refractivity contribution in [2.75, 3.05) is 32.8 Å². The number of aromatic nitrogens is 2. The van der Waals surface area contributed by atoms with Crippen molar-refractivity contribution in [2.45, 2.75) is 19.8 Å². The van der Waals surface area contributed by atoms with E-state index < -0.39 is 11.6 Å². The summed E-state index contributed by atoms with van der Waals surface area (Å²) in [4.78, 5) is 41.2. The number of ketones is 2. The lowest BCUT2D eigenvalue weighted by Gasteiger charge is -2.33. The monoisotopic (exact) mass is 451 g/mol. The van der Waals surface area contributed by atoms with Gasteiger partial charge in [-0.25, -0.2) is 19.4 Å².